The van der Waals surface area contributed by atoms with Crippen molar-refractivity contribution in [3.8, 4) is 0 Å². The van der Waals surface area contributed by atoms with Crippen molar-refractivity contribution in [1.82, 2.24) is 15.4 Å². The zero-order valence-corrected chi connectivity index (χ0v) is 17.0. The molecule has 0 heterocycles. The number of guanidine groups is 1. The number of benzene rings is 1. The largest absolute Gasteiger partial charge is 0.356 e. The van der Waals surface area contributed by atoms with E-state index in [1.54, 1.807) is 37.4 Å². The van der Waals surface area contributed by atoms with Gasteiger partial charge in [0, 0.05) is 26.7 Å². The van der Waals surface area contributed by atoms with Crippen molar-refractivity contribution in [3.05, 3.63) is 30.3 Å². The van der Waals surface area contributed by atoms with E-state index in [2.05, 4.69) is 34.2 Å². The van der Waals surface area contributed by atoms with Crippen LogP contribution >= 0.6 is 24.0 Å². The van der Waals surface area contributed by atoms with Gasteiger partial charge in [0.25, 0.3) is 0 Å². The lowest BCUT2D eigenvalue weighted by atomic mass is 10.1. The number of halogens is 1. The smallest absolute Gasteiger partial charge is 0.240 e. The highest BCUT2D eigenvalue weighted by Crippen LogP contribution is 2.06. The number of nitrogens with one attached hydrogen (secondary N) is 3. The molecular formula is C15H27IN4O2S. The van der Waals surface area contributed by atoms with Crippen molar-refractivity contribution < 1.29 is 8.42 Å². The molecule has 6 nitrogen and oxygen atoms in total. The standard InChI is InChI=1S/C15H26N4O2S.HI/c1-13(2)9-10-17-15(16-3)18-11-12-19-22(20,21)14-7-5-4-6-8-14;/h4-8,13,19H,9-12H2,1-3H3,(H2,16,17,18);1H. The molecule has 0 radical (unpaired) electrons. The summed E-state index contributed by atoms with van der Waals surface area (Å²) < 4.78 is 26.6. The first-order valence-electron chi connectivity index (χ1n) is 7.45. The second kappa shape index (κ2) is 11.6. The molecule has 0 atom stereocenters. The maximum atomic E-state index is 12.0. The van der Waals surface area contributed by atoms with Crippen LogP contribution in [0.5, 0.6) is 0 Å². The van der Waals surface area contributed by atoms with Crippen LogP contribution in [0.25, 0.3) is 0 Å². The van der Waals surface area contributed by atoms with Gasteiger partial charge in [-0.2, -0.15) is 0 Å². The summed E-state index contributed by atoms with van der Waals surface area (Å²) >= 11 is 0. The summed E-state index contributed by atoms with van der Waals surface area (Å²) in [7, 11) is -1.75. The highest BCUT2D eigenvalue weighted by molar-refractivity contribution is 14.0. The van der Waals surface area contributed by atoms with E-state index in [4.69, 9.17) is 0 Å². The number of hydrogen-bond acceptors (Lipinski definition) is 3. The Labute approximate surface area is 156 Å². The van der Waals surface area contributed by atoms with E-state index < -0.39 is 10.0 Å². The third-order valence-corrected chi connectivity index (χ3v) is 4.48. The normalized spacial score (nSPS) is 11.9. The van der Waals surface area contributed by atoms with E-state index in [1.807, 2.05) is 0 Å². The van der Waals surface area contributed by atoms with Crippen LogP contribution in [-0.2, 0) is 10.0 Å². The highest BCUT2D eigenvalue weighted by Gasteiger charge is 2.11. The van der Waals surface area contributed by atoms with Crippen LogP contribution < -0.4 is 15.4 Å². The van der Waals surface area contributed by atoms with Gasteiger partial charge >= 0.3 is 0 Å². The molecular weight excluding hydrogens is 427 g/mol. The number of sulfonamides is 1. The first-order chi connectivity index (χ1) is 10.5. The van der Waals surface area contributed by atoms with Gasteiger partial charge in [-0.15, -0.1) is 24.0 Å². The van der Waals surface area contributed by atoms with Gasteiger partial charge < -0.3 is 10.6 Å². The molecule has 0 amide bonds. The summed E-state index contributed by atoms with van der Waals surface area (Å²) in [5.74, 6) is 1.31. The van der Waals surface area contributed by atoms with Crippen LogP contribution in [0.3, 0.4) is 0 Å². The van der Waals surface area contributed by atoms with Gasteiger partial charge in [-0.1, -0.05) is 32.0 Å². The molecule has 23 heavy (non-hydrogen) atoms. The maximum absolute atomic E-state index is 12.0. The van der Waals surface area contributed by atoms with Crippen molar-refractivity contribution in [2.45, 2.75) is 25.2 Å². The summed E-state index contributed by atoms with van der Waals surface area (Å²) in [5.41, 5.74) is 0. The van der Waals surface area contributed by atoms with Crippen LogP contribution in [0.4, 0.5) is 0 Å². The van der Waals surface area contributed by atoms with Crippen molar-refractivity contribution in [1.29, 1.82) is 0 Å². The number of aliphatic imine (C=N–C) groups is 1. The molecule has 1 aromatic rings. The Hall–Kier alpha value is -0.870. The van der Waals surface area contributed by atoms with Gasteiger partial charge in [0.1, 0.15) is 0 Å². The second-order valence-electron chi connectivity index (χ2n) is 5.32. The molecule has 0 saturated carbocycles. The maximum Gasteiger partial charge on any atom is 0.240 e. The van der Waals surface area contributed by atoms with Gasteiger partial charge in [-0.3, -0.25) is 4.99 Å². The highest BCUT2D eigenvalue weighted by atomic mass is 127. The van der Waals surface area contributed by atoms with Crippen LogP contribution in [0, 0.1) is 5.92 Å². The zero-order valence-electron chi connectivity index (χ0n) is 13.9. The summed E-state index contributed by atoms with van der Waals surface area (Å²) in [6, 6.07) is 8.33. The minimum Gasteiger partial charge on any atom is -0.356 e. The van der Waals surface area contributed by atoms with Gasteiger partial charge in [0.05, 0.1) is 4.90 Å². The quantitative estimate of drug-likeness (QED) is 0.242. The minimum absolute atomic E-state index is 0. The summed E-state index contributed by atoms with van der Waals surface area (Å²) in [6.07, 6.45) is 1.06. The third-order valence-electron chi connectivity index (χ3n) is 3.00. The van der Waals surface area contributed by atoms with E-state index in [0.29, 0.717) is 25.0 Å². The fourth-order valence-corrected chi connectivity index (χ4v) is 2.80. The van der Waals surface area contributed by atoms with E-state index >= 15 is 0 Å². The SMILES string of the molecule is CN=C(NCCNS(=O)(=O)c1ccccc1)NCCC(C)C.I. The van der Waals surface area contributed by atoms with Gasteiger partial charge in [0.15, 0.2) is 5.96 Å². The Morgan fingerprint density at radius 2 is 1.70 bits per heavy atom. The van der Waals surface area contributed by atoms with Gasteiger partial charge in [-0.25, -0.2) is 13.1 Å². The fraction of sp³-hybridized carbons (Fsp3) is 0.533. The first kappa shape index (κ1) is 22.1. The van der Waals surface area contributed by atoms with E-state index in [-0.39, 0.29) is 28.9 Å². The topological polar surface area (TPSA) is 82.6 Å². The lowest BCUT2D eigenvalue weighted by Gasteiger charge is -2.13. The summed E-state index contributed by atoms with van der Waals surface area (Å²) in [6.45, 7) is 5.93. The predicted molar refractivity (Wildman–Crippen MR) is 106 cm³/mol. The first-order valence-corrected chi connectivity index (χ1v) is 8.93. The molecule has 0 saturated heterocycles. The predicted octanol–water partition coefficient (Wildman–Crippen LogP) is 1.79. The van der Waals surface area contributed by atoms with Crippen molar-refractivity contribution in [2.75, 3.05) is 26.7 Å². The molecule has 132 valence electrons. The molecule has 1 aromatic carbocycles. The molecule has 1 rings (SSSR count). The Bertz CT molecular complexity index is 562. The Morgan fingerprint density at radius 1 is 1.09 bits per heavy atom. The van der Waals surface area contributed by atoms with Crippen LogP contribution in [0.15, 0.2) is 40.2 Å². The van der Waals surface area contributed by atoms with Gasteiger partial charge in [0.2, 0.25) is 10.0 Å². The molecule has 0 aliphatic carbocycles. The van der Waals surface area contributed by atoms with Crippen LogP contribution in [-0.4, -0.2) is 41.1 Å². The number of nitrogens with zero attached hydrogens (tertiary/aromatic N) is 1. The van der Waals surface area contributed by atoms with Crippen molar-refractivity contribution >= 4 is 40.0 Å². The second-order valence-corrected chi connectivity index (χ2v) is 7.09. The van der Waals surface area contributed by atoms with Gasteiger partial charge in [-0.05, 0) is 24.5 Å². The molecule has 0 spiro atoms. The molecule has 3 N–H and O–H groups in total. The van der Waals surface area contributed by atoms with E-state index in [0.717, 1.165) is 13.0 Å². The molecule has 0 bridgehead atoms. The average molecular weight is 454 g/mol. The molecule has 0 unspecified atom stereocenters. The minimum atomic E-state index is -3.44. The molecule has 8 heteroatoms. The monoisotopic (exact) mass is 454 g/mol. The number of rotatable bonds is 8. The third kappa shape index (κ3) is 9.11. The average Bonchev–Trinajstić information content (AvgIpc) is 2.50. The Morgan fingerprint density at radius 3 is 2.26 bits per heavy atom. The van der Waals surface area contributed by atoms with E-state index in [1.165, 1.54) is 0 Å². The van der Waals surface area contributed by atoms with Crippen molar-refractivity contribution in [3.63, 3.8) is 0 Å². The Balaban J connectivity index is 0.00000484. The molecule has 0 fully saturated rings. The molecule has 0 aliphatic heterocycles. The zero-order chi connectivity index (χ0) is 16.4. The molecule has 0 aliphatic rings. The summed E-state index contributed by atoms with van der Waals surface area (Å²) in [4.78, 5) is 4.37. The van der Waals surface area contributed by atoms with Crippen LogP contribution in [0.2, 0.25) is 0 Å². The lowest BCUT2D eigenvalue weighted by Crippen LogP contribution is -2.42. The Kier molecular flexibility index (Phi) is 11.2. The lowest BCUT2D eigenvalue weighted by molar-refractivity contribution is 0.571. The number of hydrogen-bond donors (Lipinski definition) is 3. The molecule has 0 aromatic heterocycles. The van der Waals surface area contributed by atoms with Crippen molar-refractivity contribution in [2.24, 2.45) is 10.9 Å². The van der Waals surface area contributed by atoms with Crippen LogP contribution in [0.1, 0.15) is 20.3 Å². The fourth-order valence-electron chi connectivity index (χ4n) is 1.75. The summed E-state index contributed by atoms with van der Waals surface area (Å²) in [5, 5.41) is 6.27. The van der Waals surface area contributed by atoms with E-state index in [9.17, 15) is 8.42 Å².